The number of hydrogen-bond acceptors (Lipinski definition) is 4. The molecule has 0 amide bonds. The van der Waals surface area contributed by atoms with E-state index in [2.05, 4.69) is 24.4 Å². The summed E-state index contributed by atoms with van der Waals surface area (Å²) in [5.74, 6) is -0.184. The number of esters is 1. The van der Waals surface area contributed by atoms with Gasteiger partial charge in [0.05, 0.1) is 13.2 Å². The van der Waals surface area contributed by atoms with E-state index in [-0.39, 0.29) is 5.97 Å². The molecule has 0 aliphatic carbocycles. The zero-order valence-electron chi connectivity index (χ0n) is 11.1. The summed E-state index contributed by atoms with van der Waals surface area (Å²) in [5.41, 5.74) is 2.32. The number of benzene rings is 1. The van der Waals surface area contributed by atoms with Crippen molar-refractivity contribution in [3.05, 3.63) is 29.8 Å². The van der Waals surface area contributed by atoms with Crippen LogP contribution in [0.4, 0.5) is 5.69 Å². The van der Waals surface area contributed by atoms with Crippen LogP contribution in [0.3, 0.4) is 0 Å². The van der Waals surface area contributed by atoms with Gasteiger partial charge in [0, 0.05) is 18.7 Å². The minimum atomic E-state index is -0.184. The van der Waals surface area contributed by atoms with Gasteiger partial charge >= 0.3 is 5.97 Å². The average molecular weight is 251 g/mol. The predicted octanol–water partition coefficient (Wildman–Crippen LogP) is 2.38. The van der Waals surface area contributed by atoms with Gasteiger partial charge in [0.1, 0.15) is 6.61 Å². The van der Waals surface area contributed by atoms with Crippen LogP contribution < -0.4 is 5.32 Å². The molecule has 18 heavy (non-hydrogen) atoms. The Bertz CT molecular complexity index is 366. The molecule has 0 aromatic heterocycles. The molecule has 1 aromatic carbocycles. The SMILES string of the molecule is CCC(=O)OCCOCCNc1cccc(C)c1. The van der Waals surface area contributed by atoms with Crippen molar-refractivity contribution >= 4 is 11.7 Å². The van der Waals surface area contributed by atoms with Gasteiger partial charge in [-0.15, -0.1) is 0 Å². The molecule has 0 bridgehead atoms. The van der Waals surface area contributed by atoms with Crippen LogP contribution in [0.5, 0.6) is 0 Å². The first-order valence-electron chi connectivity index (χ1n) is 6.26. The second-order valence-electron chi connectivity index (χ2n) is 3.98. The van der Waals surface area contributed by atoms with Crippen LogP contribution in [0.15, 0.2) is 24.3 Å². The molecule has 0 aliphatic heterocycles. The van der Waals surface area contributed by atoms with Crippen molar-refractivity contribution < 1.29 is 14.3 Å². The van der Waals surface area contributed by atoms with Crippen molar-refractivity contribution in [3.63, 3.8) is 0 Å². The first-order chi connectivity index (χ1) is 8.72. The number of nitrogens with one attached hydrogen (secondary N) is 1. The van der Waals surface area contributed by atoms with Crippen LogP contribution in [0.25, 0.3) is 0 Å². The average Bonchev–Trinajstić information content (AvgIpc) is 2.37. The smallest absolute Gasteiger partial charge is 0.305 e. The standard InChI is InChI=1S/C14H21NO3/c1-3-14(16)18-10-9-17-8-7-15-13-6-4-5-12(2)11-13/h4-6,11,15H,3,7-10H2,1-2H3. The molecule has 0 spiro atoms. The van der Waals surface area contributed by atoms with E-state index in [0.717, 1.165) is 12.2 Å². The van der Waals surface area contributed by atoms with Crippen molar-refractivity contribution in [2.24, 2.45) is 0 Å². The number of ether oxygens (including phenoxy) is 2. The molecule has 0 fully saturated rings. The fourth-order valence-electron chi connectivity index (χ4n) is 1.44. The van der Waals surface area contributed by atoms with Crippen LogP contribution in [0.2, 0.25) is 0 Å². The first kappa shape index (κ1) is 14.5. The second-order valence-corrected chi connectivity index (χ2v) is 3.98. The molecule has 1 N–H and O–H groups in total. The molecule has 0 aliphatic rings. The summed E-state index contributed by atoms with van der Waals surface area (Å²) in [6.45, 7) is 5.94. The zero-order valence-corrected chi connectivity index (χ0v) is 11.1. The highest BCUT2D eigenvalue weighted by Crippen LogP contribution is 2.08. The third-order valence-corrected chi connectivity index (χ3v) is 2.37. The van der Waals surface area contributed by atoms with E-state index >= 15 is 0 Å². The Hall–Kier alpha value is -1.55. The van der Waals surface area contributed by atoms with Crippen LogP contribution in [0.1, 0.15) is 18.9 Å². The minimum Gasteiger partial charge on any atom is -0.463 e. The van der Waals surface area contributed by atoms with Gasteiger partial charge in [-0.2, -0.15) is 0 Å². The van der Waals surface area contributed by atoms with Crippen molar-refractivity contribution in [1.29, 1.82) is 0 Å². The maximum absolute atomic E-state index is 10.8. The van der Waals surface area contributed by atoms with E-state index in [1.54, 1.807) is 6.92 Å². The number of carbonyl (C=O) groups excluding carboxylic acids is 1. The number of aryl methyl sites for hydroxylation is 1. The maximum atomic E-state index is 10.8. The Morgan fingerprint density at radius 3 is 2.83 bits per heavy atom. The molecular weight excluding hydrogens is 230 g/mol. The van der Waals surface area contributed by atoms with Crippen LogP contribution >= 0.6 is 0 Å². The highest BCUT2D eigenvalue weighted by molar-refractivity contribution is 5.68. The Kier molecular flexibility index (Phi) is 6.87. The Balaban J connectivity index is 2.00. The Labute approximate surface area is 108 Å². The van der Waals surface area contributed by atoms with Gasteiger partial charge in [-0.1, -0.05) is 19.1 Å². The summed E-state index contributed by atoms with van der Waals surface area (Å²) in [4.78, 5) is 10.8. The summed E-state index contributed by atoms with van der Waals surface area (Å²) in [6.07, 6.45) is 0.412. The van der Waals surface area contributed by atoms with Crippen molar-refractivity contribution in [2.45, 2.75) is 20.3 Å². The minimum absolute atomic E-state index is 0.184. The lowest BCUT2D eigenvalue weighted by atomic mass is 10.2. The predicted molar refractivity (Wildman–Crippen MR) is 71.7 cm³/mol. The topological polar surface area (TPSA) is 47.6 Å². The lowest BCUT2D eigenvalue weighted by Gasteiger charge is -2.08. The molecule has 0 unspecified atom stereocenters. The first-order valence-corrected chi connectivity index (χ1v) is 6.26. The Morgan fingerprint density at radius 1 is 1.28 bits per heavy atom. The lowest BCUT2D eigenvalue weighted by Crippen LogP contribution is -2.14. The van der Waals surface area contributed by atoms with Crippen LogP contribution in [0, 0.1) is 6.92 Å². The number of carbonyl (C=O) groups is 1. The highest BCUT2D eigenvalue weighted by Gasteiger charge is 1.97. The van der Waals surface area contributed by atoms with Gasteiger partial charge in [-0.25, -0.2) is 0 Å². The molecule has 4 nitrogen and oxygen atoms in total. The monoisotopic (exact) mass is 251 g/mol. The van der Waals surface area contributed by atoms with Gasteiger partial charge in [0.15, 0.2) is 0 Å². The van der Waals surface area contributed by atoms with Crippen molar-refractivity contribution in [3.8, 4) is 0 Å². The van der Waals surface area contributed by atoms with Crippen molar-refractivity contribution in [1.82, 2.24) is 0 Å². The third kappa shape index (κ3) is 6.25. The summed E-state index contributed by atoms with van der Waals surface area (Å²) in [5, 5.41) is 3.26. The number of hydrogen-bond donors (Lipinski definition) is 1. The molecule has 0 saturated carbocycles. The van der Waals surface area contributed by atoms with Gasteiger partial charge in [0.2, 0.25) is 0 Å². The van der Waals surface area contributed by atoms with Gasteiger partial charge in [-0.05, 0) is 24.6 Å². The van der Waals surface area contributed by atoms with Crippen molar-refractivity contribution in [2.75, 3.05) is 31.7 Å². The van der Waals surface area contributed by atoms with E-state index < -0.39 is 0 Å². The van der Waals surface area contributed by atoms with E-state index in [1.165, 1.54) is 5.56 Å². The van der Waals surface area contributed by atoms with E-state index in [0.29, 0.717) is 26.2 Å². The van der Waals surface area contributed by atoms with Gasteiger partial charge in [-0.3, -0.25) is 4.79 Å². The summed E-state index contributed by atoms with van der Waals surface area (Å²) >= 11 is 0. The molecule has 100 valence electrons. The largest absolute Gasteiger partial charge is 0.463 e. The van der Waals surface area contributed by atoms with E-state index in [1.807, 2.05) is 12.1 Å². The highest BCUT2D eigenvalue weighted by atomic mass is 16.6. The fraction of sp³-hybridized carbons (Fsp3) is 0.500. The zero-order chi connectivity index (χ0) is 13.2. The maximum Gasteiger partial charge on any atom is 0.305 e. The summed E-state index contributed by atoms with van der Waals surface area (Å²) < 4.78 is 10.2. The Morgan fingerprint density at radius 2 is 2.11 bits per heavy atom. The molecule has 1 rings (SSSR count). The van der Waals surface area contributed by atoms with E-state index in [9.17, 15) is 4.79 Å². The normalized spacial score (nSPS) is 10.1. The molecular formula is C14H21NO3. The summed E-state index contributed by atoms with van der Waals surface area (Å²) in [6, 6.07) is 8.19. The number of rotatable bonds is 8. The molecule has 0 heterocycles. The fourth-order valence-corrected chi connectivity index (χ4v) is 1.44. The van der Waals surface area contributed by atoms with Crippen LogP contribution in [-0.4, -0.2) is 32.3 Å². The van der Waals surface area contributed by atoms with Gasteiger partial charge in [0.25, 0.3) is 0 Å². The van der Waals surface area contributed by atoms with E-state index in [4.69, 9.17) is 9.47 Å². The van der Waals surface area contributed by atoms with Gasteiger partial charge < -0.3 is 14.8 Å². The molecule has 0 saturated heterocycles. The number of anilines is 1. The van der Waals surface area contributed by atoms with Crippen LogP contribution in [-0.2, 0) is 14.3 Å². The molecule has 4 heteroatoms. The molecule has 0 atom stereocenters. The third-order valence-electron chi connectivity index (χ3n) is 2.37. The molecule has 0 radical (unpaired) electrons. The second kappa shape index (κ2) is 8.53. The summed E-state index contributed by atoms with van der Waals surface area (Å²) in [7, 11) is 0. The quantitative estimate of drug-likeness (QED) is 0.569. The molecule has 1 aromatic rings. The lowest BCUT2D eigenvalue weighted by molar-refractivity contribution is -0.144.